The lowest BCUT2D eigenvalue weighted by Crippen LogP contribution is -2.39. The Bertz CT molecular complexity index is 368. The molecule has 0 spiro atoms. The molecule has 3 nitrogen and oxygen atoms in total. The highest BCUT2D eigenvalue weighted by molar-refractivity contribution is 5.50. The van der Waals surface area contributed by atoms with E-state index in [0.717, 1.165) is 11.3 Å². The number of aliphatic hydroxyl groups excluding tert-OH is 1. The SMILES string of the molecule is Cc1cccc(N(C(C)O)C(C)C#N)c1. The van der Waals surface area contributed by atoms with Crippen LogP contribution >= 0.6 is 0 Å². The number of benzene rings is 1. The number of anilines is 1. The van der Waals surface area contributed by atoms with Crippen molar-refractivity contribution < 1.29 is 5.11 Å². The third-order valence-electron chi connectivity index (χ3n) is 2.31. The zero-order valence-corrected chi connectivity index (χ0v) is 9.31. The first-order valence-corrected chi connectivity index (χ1v) is 4.99. The van der Waals surface area contributed by atoms with Crippen molar-refractivity contribution in [3.8, 4) is 6.07 Å². The first-order chi connectivity index (χ1) is 7.06. The molecule has 0 aromatic heterocycles. The topological polar surface area (TPSA) is 47.3 Å². The molecular weight excluding hydrogens is 188 g/mol. The Morgan fingerprint density at radius 3 is 2.53 bits per heavy atom. The fraction of sp³-hybridized carbons (Fsp3) is 0.417. The molecule has 0 fully saturated rings. The van der Waals surface area contributed by atoms with Crippen LogP contribution < -0.4 is 4.90 Å². The molecule has 1 rings (SSSR count). The number of hydrogen-bond donors (Lipinski definition) is 1. The van der Waals surface area contributed by atoms with E-state index in [0.29, 0.717) is 0 Å². The lowest BCUT2D eigenvalue weighted by Gasteiger charge is -2.30. The van der Waals surface area contributed by atoms with Crippen molar-refractivity contribution in [1.82, 2.24) is 0 Å². The zero-order chi connectivity index (χ0) is 11.4. The highest BCUT2D eigenvalue weighted by Crippen LogP contribution is 2.20. The summed E-state index contributed by atoms with van der Waals surface area (Å²) < 4.78 is 0. The van der Waals surface area contributed by atoms with E-state index in [1.165, 1.54) is 0 Å². The lowest BCUT2D eigenvalue weighted by molar-refractivity contribution is 0.184. The third-order valence-corrected chi connectivity index (χ3v) is 2.31. The molecule has 3 heteroatoms. The van der Waals surface area contributed by atoms with Gasteiger partial charge in [0.2, 0.25) is 0 Å². The van der Waals surface area contributed by atoms with Crippen LogP contribution in [-0.2, 0) is 0 Å². The largest absolute Gasteiger partial charge is 0.374 e. The number of aryl methyl sites for hydroxylation is 1. The predicted octanol–water partition coefficient (Wildman–Crippen LogP) is 2.05. The summed E-state index contributed by atoms with van der Waals surface area (Å²) in [4.78, 5) is 1.69. The molecule has 80 valence electrons. The molecule has 0 aliphatic rings. The molecule has 0 aliphatic carbocycles. The highest BCUT2D eigenvalue weighted by Gasteiger charge is 2.18. The molecule has 0 amide bonds. The van der Waals surface area contributed by atoms with E-state index in [-0.39, 0.29) is 6.04 Å². The van der Waals surface area contributed by atoms with Gasteiger partial charge in [0.1, 0.15) is 12.3 Å². The smallest absolute Gasteiger partial charge is 0.125 e. The van der Waals surface area contributed by atoms with Crippen LogP contribution in [-0.4, -0.2) is 17.4 Å². The van der Waals surface area contributed by atoms with Gasteiger partial charge in [0.05, 0.1) is 6.07 Å². The van der Waals surface area contributed by atoms with Gasteiger partial charge < -0.3 is 10.0 Å². The summed E-state index contributed by atoms with van der Waals surface area (Å²) in [5.74, 6) is 0. The molecule has 0 heterocycles. The van der Waals surface area contributed by atoms with Gasteiger partial charge in [-0.05, 0) is 38.5 Å². The van der Waals surface area contributed by atoms with E-state index in [2.05, 4.69) is 6.07 Å². The quantitative estimate of drug-likeness (QED) is 0.766. The Balaban J connectivity index is 3.05. The number of nitrogens with zero attached hydrogens (tertiary/aromatic N) is 2. The number of rotatable bonds is 3. The molecule has 0 saturated carbocycles. The van der Waals surface area contributed by atoms with Crippen LogP contribution in [0.4, 0.5) is 5.69 Å². The summed E-state index contributed by atoms with van der Waals surface area (Å²) in [6.45, 7) is 5.42. The molecule has 1 aromatic rings. The molecular formula is C12H16N2O. The van der Waals surface area contributed by atoms with E-state index in [9.17, 15) is 5.11 Å². The number of aliphatic hydroxyl groups is 1. The zero-order valence-electron chi connectivity index (χ0n) is 9.31. The van der Waals surface area contributed by atoms with Gasteiger partial charge in [-0.15, -0.1) is 0 Å². The minimum Gasteiger partial charge on any atom is -0.374 e. The van der Waals surface area contributed by atoms with Crippen molar-refractivity contribution in [2.75, 3.05) is 4.90 Å². The normalized spacial score (nSPS) is 14.1. The van der Waals surface area contributed by atoms with Gasteiger partial charge in [-0.25, -0.2) is 0 Å². The molecule has 2 unspecified atom stereocenters. The second-order valence-electron chi connectivity index (χ2n) is 3.68. The third kappa shape index (κ3) is 2.71. The number of nitriles is 1. The van der Waals surface area contributed by atoms with Crippen LogP contribution in [0.1, 0.15) is 19.4 Å². The van der Waals surface area contributed by atoms with Crippen molar-refractivity contribution in [1.29, 1.82) is 5.26 Å². The number of hydrogen-bond acceptors (Lipinski definition) is 3. The summed E-state index contributed by atoms with van der Waals surface area (Å²) in [7, 11) is 0. The van der Waals surface area contributed by atoms with Gasteiger partial charge in [-0.1, -0.05) is 12.1 Å². The highest BCUT2D eigenvalue weighted by atomic mass is 16.3. The minimum absolute atomic E-state index is 0.341. The van der Waals surface area contributed by atoms with Gasteiger partial charge in [0, 0.05) is 5.69 Å². The monoisotopic (exact) mass is 204 g/mol. The van der Waals surface area contributed by atoms with Gasteiger partial charge in [0.25, 0.3) is 0 Å². The van der Waals surface area contributed by atoms with Crippen molar-refractivity contribution in [3.63, 3.8) is 0 Å². The summed E-state index contributed by atoms with van der Waals surface area (Å²) >= 11 is 0. The van der Waals surface area contributed by atoms with Crippen LogP contribution in [0.5, 0.6) is 0 Å². The first kappa shape index (κ1) is 11.5. The van der Waals surface area contributed by atoms with Gasteiger partial charge in [-0.3, -0.25) is 0 Å². The molecule has 15 heavy (non-hydrogen) atoms. The Morgan fingerprint density at radius 2 is 2.07 bits per heavy atom. The average molecular weight is 204 g/mol. The molecule has 1 aromatic carbocycles. The standard InChI is InChI=1S/C12H16N2O/c1-9-5-4-6-12(7-9)14(11(3)15)10(2)8-13/h4-7,10-11,15H,1-3H3. The van der Waals surface area contributed by atoms with Crippen molar-refractivity contribution in [3.05, 3.63) is 29.8 Å². The van der Waals surface area contributed by atoms with Crippen LogP contribution in [0.25, 0.3) is 0 Å². The van der Waals surface area contributed by atoms with E-state index in [1.807, 2.05) is 31.2 Å². The van der Waals surface area contributed by atoms with Crippen LogP contribution in [0.15, 0.2) is 24.3 Å². The van der Waals surface area contributed by atoms with Crippen molar-refractivity contribution >= 4 is 5.69 Å². The maximum Gasteiger partial charge on any atom is 0.125 e. The lowest BCUT2D eigenvalue weighted by atomic mass is 10.1. The predicted molar refractivity (Wildman–Crippen MR) is 60.4 cm³/mol. The van der Waals surface area contributed by atoms with Crippen LogP contribution in [0.3, 0.4) is 0 Å². The Kier molecular flexibility index (Phi) is 3.70. The molecule has 0 bridgehead atoms. The molecule has 0 aliphatic heterocycles. The maximum atomic E-state index is 9.63. The molecule has 0 radical (unpaired) electrons. The Morgan fingerprint density at radius 1 is 1.40 bits per heavy atom. The summed E-state index contributed by atoms with van der Waals surface area (Å²) in [6, 6.07) is 9.55. The van der Waals surface area contributed by atoms with Crippen LogP contribution in [0.2, 0.25) is 0 Å². The summed E-state index contributed by atoms with van der Waals surface area (Å²) in [5, 5.41) is 18.5. The molecule has 2 atom stereocenters. The van der Waals surface area contributed by atoms with Crippen LogP contribution in [0, 0.1) is 18.3 Å². The van der Waals surface area contributed by atoms with E-state index in [4.69, 9.17) is 5.26 Å². The summed E-state index contributed by atoms with van der Waals surface area (Å²) in [5.41, 5.74) is 1.99. The van der Waals surface area contributed by atoms with E-state index >= 15 is 0 Å². The Hall–Kier alpha value is -1.53. The second-order valence-corrected chi connectivity index (χ2v) is 3.68. The summed E-state index contributed by atoms with van der Waals surface area (Å²) in [6.07, 6.45) is -0.665. The minimum atomic E-state index is -0.665. The average Bonchev–Trinajstić information content (AvgIpc) is 2.17. The van der Waals surface area contributed by atoms with Crippen molar-refractivity contribution in [2.24, 2.45) is 0 Å². The second kappa shape index (κ2) is 4.81. The van der Waals surface area contributed by atoms with Gasteiger partial charge >= 0.3 is 0 Å². The Labute approximate surface area is 90.6 Å². The van der Waals surface area contributed by atoms with E-state index < -0.39 is 6.23 Å². The van der Waals surface area contributed by atoms with Gasteiger partial charge in [0.15, 0.2) is 0 Å². The molecule has 1 N–H and O–H groups in total. The van der Waals surface area contributed by atoms with Gasteiger partial charge in [-0.2, -0.15) is 5.26 Å². The fourth-order valence-corrected chi connectivity index (χ4v) is 1.61. The first-order valence-electron chi connectivity index (χ1n) is 4.99. The van der Waals surface area contributed by atoms with Crippen molar-refractivity contribution in [2.45, 2.75) is 33.0 Å². The molecule has 0 saturated heterocycles. The fourth-order valence-electron chi connectivity index (χ4n) is 1.61. The maximum absolute atomic E-state index is 9.63. The van der Waals surface area contributed by atoms with E-state index in [1.54, 1.807) is 18.7 Å².